The summed E-state index contributed by atoms with van der Waals surface area (Å²) in [6.45, 7) is 4.66. The maximum atomic E-state index is 2.36. The van der Waals surface area contributed by atoms with Crippen molar-refractivity contribution in [2.75, 3.05) is 0 Å². The van der Waals surface area contributed by atoms with Crippen LogP contribution in [0.4, 0.5) is 0 Å². The average molecular weight is 252 g/mol. The van der Waals surface area contributed by atoms with E-state index in [1.54, 1.807) is 0 Å². The Kier molecular flexibility index (Phi) is 9.70. The second-order valence-electron chi connectivity index (χ2n) is 6.56. The highest BCUT2D eigenvalue weighted by Crippen LogP contribution is 2.33. The van der Waals surface area contributed by atoms with E-state index in [0.29, 0.717) is 0 Å². The summed E-state index contributed by atoms with van der Waals surface area (Å²) in [7, 11) is 0. The molecule has 1 fully saturated rings. The molecule has 0 aliphatic heterocycles. The van der Waals surface area contributed by atoms with Gasteiger partial charge in [-0.3, -0.25) is 0 Å². The first kappa shape index (κ1) is 16.1. The van der Waals surface area contributed by atoms with Crippen LogP contribution in [0.25, 0.3) is 0 Å². The number of unbranched alkanes of at least 4 members (excludes halogenated alkanes) is 7. The Labute approximate surface area is 116 Å². The molecule has 0 unspecified atom stereocenters. The van der Waals surface area contributed by atoms with Gasteiger partial charge in [-0.05, 0) is 11.8 Å². The van der Waals surface area contributed by atoms with Gasteiger partial charge in [-0.1, -0.05) is 104 Å². The Morgan fingerprint density at radius 2 is 1.11 bits per heavy atom. The minimum Gasteiger partial charge on any atom is -0.0654 e. The SMILES string of the molecule is CCCCCCCCCCC1CCC(CC)CC1. The highest BCUT2D eigenvalue weighted by atomic mass is 14.2. The van der Waals surface area contributed by atoms with Crippen LogP contribution in [0, 0.1) is 11.8 Å². The maximum absolute atomic E-state index is 2.36. The maximum Gasteiger partial charge on any atom is -0.0414 e. The van der Waals surface area contributed by atoms with Crippen molar-refractivity contribution < 1.29 is 0 Å². The minimum atomic E-state index is 1.07. The fourth-order valence-electron chi connectivity index (χ4n) is 3.50. The van der Waals surface area contributed by atoms with Crippen LogP contribution in [0.15, 0.2) is 0 Å². The van der Waals surface area contributed by atoms with Crippen molar-refractivity contribution >= 4 is 0 Å². The zero-order chi connectivity index (χ0) is 13.1. The third-order valence-electron chi connectivity index (χ3n) is 5.01. The minimum absolute atomic E-state index is 1.07. The van der Waals surface area contributed by atoms with Gasteiger partial charge in [0.25, 0.3) is 0 Å². The van der Waals surface area contributed by atoms with E-state index in [0.717, 1.165) is 11.8 Å². The predicted octanol–water partition coefficient (Wildman–Crippen LogP) is 6.73. The molecule has 0 spiro atoms. The van der Waals surface area contributed by atoms with Gasteiger partial charge in [-0.25, -0.2) is 0 Å². The van der Waals surface area contributed by atoms with Crippen LogP contribution in [0.1, 0.15) is 104 Å². The van der Waals surface area contributed by atoms with Crippen molar-refractivity contribution in [1.29, 1.82) is 0 Å². The van der Waals surface area contributed by atoms with Gasteiger partial charge < -0.3 is 0 Å². The normalized spacial score (nSPS) is 24.3. The second-order valence-corrected chi connectivity index (χ2v) is 6.56. The lowest BCUT2D eigenvalue weighted by molar-refractivity contribution is 0.253. The fraction of sp³-hybridized carbons (Fsp3) is 1.00. The van der Waals surface area contributed by atoms with Gasteiger partial charge in [-0.2, -0.15) is 0 Å². The van der Waals surface area contributed by atoms with Crippen LogP contribution in [0.5, 0.6) is 0 Å². The molecule has 0 radical (unpaired) electrons. The van der Waals surface area contributed by atoms with Crippen LogP contribution < -0.4 is 0 Å². The average Bonchev–Trinajstić information content (AvgIpc) is 2.42. The van der Waals surface area contributed by atoms with Gasteiger partial charge >= 0.3 is 0 Å². The van der Waals surface area contributed by atoms with Crippen LogP contribution in [0.2, 0.25) is 0 Å². The summed E-state index contributed by atoms with van der Waals surface area (Å²) in [6.07, 6.45) is 20.8. The molecule has 0 atom stereocenters. The molecular weight excluding hydrogens is 216 g/mol. The molecule has 0 nitrogen and oxygen atoms in total. The third kappa shape index (κ3) is 7.44. The standard InChI is InChI=1S/C18H36/c1-3-5-6-7-8-9-10-11-12-18-15-13-17(4-2)14-16-18/h17-18H,3-16H2,1-2H3. The Bertz CT molecular complexity index is 165. The summed E-state index contributed by atoms with van der Waals surface area (Å²) < 4.78 is 0. The molecule has 0 bridgehead atoms. The number of hydrogen-bond donors (Lipinski definition) is 0. The molecule has 18 heavy (non-hydrogen) atoms. The van der Waals surface area contributed by atoms with Crippen molar-refractivity contribution in [2.45, 2.75) is 104 Å². The number of rotatable bonds is 10. The Hall–Kier alpha value is 0. The van der Waals surface area contributed by atoms with Crippen LogP contribution in [-0.2, 0) is 0 Å². The molecule has 0 heterocycles. The van der Waals surface area contributed by atoms with Gasteiger partial charge in [0.2, 0.25) is 0 Å². The van der Waals surface area contributed by atoms with Gasteiger partial charge in [-0.15, -0.1) is 0 Å². The lowest BCUT2D eigenvalue weighted by atomic mass is 9.79. The summed E-state index contributed by atoms with van der Waals surface area (Å²) in [6, 6.07) is 0. The molecule has 108 valence electrons. The highest BCUT2D eigenvalue weighted by molar-refractivity contribution is 4.71. The quantitative estimate of drug-likeness (QED) is 0.378. The Morgan fingerprint density at radius 3 is 1.67 bits per heavy atom. The Balaban J connectivity index is 1.84. The molecule has 1 rings (SSSR count). The van der Waals surface area contributed by atoms with Crippen molar-refractivity contribution in [3.63, 3.8) is 0 Å². The molecule has 1 saturated carbocycles. The van der Waals surface area contributed by atoms with E-state index in [2.05, 4.69) is 13.8 Å². The molecule has 1 aliphatic carbocycles. The van der Waals surface area contributed by atoms with E-state index >= 15 is 0 Å². The molecule has 0 aromatic rings. The van der Waals surface area contributed by atoms with E-state index in [9.17, 15) is 0 Å². The summed E-state index contributed by atoms with van der Waals surface area (Å²) in [5.74, 6) is 2.16. The van der Waals surface area contributed by atoms with Gasteiger partial charge in [0.1, 0.15) is 0 Å². The Morgan fingerprint density at radius 1 is 0.611 bits per heavy atom. The van der Waals surface area contributed by atoms with E-state index in [4.69, 9.17) is 0 Å². The number of hydrogen-bond acceptors (Lipinski definition) is 0. The molecule has 0 saturated heterocycles. The molecular formula is C18H36. The van der Waals surface area contributed by atoms with Crippen LogP contribution in [-0.4, -0.2) is 0 Å². The van der Waals surface area contributed by atoms with Crippen LogP contribution in [0.3, 0.4) is 0 Å². The molecule has 0 aromatic carbocycles. The summed E-state index contributed by atoms with van der Waals surface area (Å²) in [5, 5.41) is 0. The zero-order valence-corrected chi connectivity index (χ0v) is 13.1. The van der Waals surface area contributed by atoms with E-state index in [1.807, 2.05) is 0 Å². The lowest BCUT2D eigenvalue weighted by Crippen LogP contribution is -2.13. The molecule has 0 amide bonds. The summed E-state index contributed by atoms with van der Waals surface area (Å²) in [5.41, 5.74) is 0. The van der Waals surface area contributed by atoms with Crippen molar-refractivity contribution in [3.8, 4) is 0 Å². The predicted molar refractivity (Wildman–Crippen MR) is 83.0 cm³/mol. The zero-order valence-electron chi connectivity index (χ0n) is 13.1. The second kappa shape index (κ2) is 10.9. The van der Waals surface area contributed by atoms with E-state index < -0.39 is 0 Å². The monoisotopic (exact) mass is 252 g/mol. The topological polar surface area (TPSA) is 0 Å². The largest absolute Gasteiger partial charge is 0.0654 e. The van der Waals surface area contributed by atoms with Crippen LogP contribution >= 0.6 is 0 Å². The fourth-order valence-corrected chi connectivity index (χ4v) is 3.50. The van der Waals surface area contributed by atoms with Gasteiger partial charge in [0.15, 0.2) is 0 Å². The van der Waals surface area contributed by atoms with Crippen molar-refractivity contribution in [2.24, 2.45) is 11.8 Å². The molecule has 0 N–H and O–H groups in total. The first-order chi connectivity index (χ1) is 8.86. The third-order valence-corrected chi connectivity index (χ3v) is 5.01. The first-order valence-corrected chi connectivity index (χ1v) is 8.86. The summed E-state index contributed by atoms with van der Waals surface area (Å²) >= 11 is 0. The van der Waals surface area contributed by atoms with Gasteiger partial charge in [0.05, 0.1) is 0 Å². The van der Waals surface area contributed by atoms with Crippen molar-refractivity contribution in [1.82, 2.24) is 0 Å². The molecule has 1 aliphatic rings. The summed E-state index contributed by atoms with van der Waals surface area (Å²) in [4.78, 5) is 0. The van der Waals surface area contributed by atoms with Crippen molar-refractivity contribution in [3.05, 3.63) is 0 Å². The molecule has 0 aromatic heterocycles. The highest BCUT2D eigenvalue weighted by Gasteiger charge is 2.19. The molecule has 0 heteroatoms. The smallest absolute Gasteiger partial charge is 0.0414 e. The first-order valence-electron chi connectivity index (χ1n) is 8.86. The lowest BCUT2D eigenvalue weighted by Gasteiger charge is -2.27. The van der Waals surface area contributed by atoms with E-state index in [-0.39, 0.29) is 0 Å². The van der Waals surface area contributed by atoms with Gasteiger partial charge in [0, 0.05) is 0 Å². The van der Waals surface area contributed by atoms with E-state index in [1.165, 1.54) is 89.9 Å².